The van der Waals surface area contributed by atoms with Crippen molar-refractivity contribution in [2.75, 3.05) is 5.32 Å². The Hall–Kier alpha value is -2.59. The van der Waals surface area contributed by atoms with Crippen molar-refractivity contribution in [1.29, 1.82) is 0 Å². The minimum Gasteiger partial charge on any atom is -0.322 e. The molecule has 0 bridgehead atoms. The van der Waals surface area contributed by atoms with Crippen LogP contribution in [-0.4, -0.2) is 15.7 Å². The lowest BCUT2D eigenvalue weighted by atomic mass is 10.1. The molecule has 5 heteroatoms. The Morgan fingerprint density at radius 2 is 1.95 bits per heavy atom. The van der Waals surface area contributed by atoms with Crippen molar-refractivity contribution in [1.82, 2.24) is 9.78 Å². The second kappa shape index (κ2) is 6.03. The van der Waals surface area contributed by atoms with Crippen molar-refractivity contribution in [3.05, 3.63) is 77.1 Å². The molecule has 2 aromatic carbocycles. The maximum atomic E-state index is 12.3. The molecule has 0 aliphatic heterocycles. The second-order valence-corrected chi connectivity index (χ2v) is 5.35. The average Bonchev–Trinajstić information content (AvgIpc) is 3.04. The van der Waals surface area contributed by atoms with E-state index in [1.54, 1.807) is 35.1 Å². The maximum absolute atomic E-state index is 12.3. The molecule has 0 aliphatic rings. The summed E-state index contributed by atoms with van der Waals surface area (Å²) in [7, 11) is 0. The van der Waals surface area contributed by atoms with Gasteiger partial charge in [0.2, 0.25) is 0 Å². The molecular formula is C17H14ClN3O. The van der Waals surface area contributed by atoms with Gasteiger partial charge < -0.3 is 5.32 Å². The number of carbonyl (C=O) groups excluding carboxylic acids is 1. The molecule has 0 aliphatic carbocycles. The Balaban J connectivity index is 1.77. The van der Waals surface area contributed by atoms with E-state index in [2.05, 4.69) is 10.4 Å². The molecule has 0 fully saturated rings. The Morgan fingerprint density at radius 3 is 2.59 bits per heavy atom. The molecule has 3 rings (SSSR count). The highest BCUT2D eigenvalue weighted by atomic mass is 35.5. The molecule has 0 saturated carbocycles. The monoisotopic (exact) mass is 311 g/mol. The topological polar surface area (TPSA) is 46.9 Å². The van der Waals surface area contributed by atoms with E-state index in [0.717, 1.165) is 16.9 Å². The zero-order valence-corrected chi connectivity index (χ0v) is 12.7. The van der Waals surface area contributed by atoms with E-state index in [4.69, 9.17) is 11.6 Å². The van der Waals surface area contributed by atoms with E-state index in [1.165, 1.54) is 0 Å². The van der Waals surface area contributed by atoms with Crippen LogP contribution in [-0.2, 0) is 0 Å². The van der Waals surface area contributed by atoms with Gasteiger partial charge in [-0.15, -0.1) is 0 Å². The minimum atomic E-state index is -0.155. The van der Waals surface area contributed by atoms with Crippen LogP contribution >= 0.6 is 11.6 Å². The van der Waals surface area contributed by atoms with Crippen LogP contribution in [0.4, 0.5) is 5.69 Å². The largest absolute Gasteiger partial charge is 0.322 e. The highest BCUT2D eigenvalue weighted by Gasteiger charge is 2.08. The third-order valence-electron chi connectivity index (χ3n) is 3.34. The van der Waals surface area contributed by atoms with Crippen LogP contribution in [0.25, 0.3) is 5.69 Å². The van der Waals surface area contributed by atoms with Gasteiger partial charge in [-0.2, -0.15) is 5.10 Å². The van der Waals surface area contributed by atoms with Crippen LogP contribution in [0.15, 0.2) is 60.9 Å². The van der Waals surface area contributed by atoms with E-state index in [9.17, 15) is 4.79 Å². The Kier molecular flexibility index (Phi) is 3.94. The third-order valence-corrected chi connectivity index (χ3v) is 3.57. The standard InChI is InChI=1S/C17H14ClN3O/c1-12-11-14(18)5-8-16(12)20-17(22)13-3-6-15(7-4-13)21-10-2-9-19-21/h2-11H,1H3,(H,20,22). The summed E-state index contributed by atoms with van der Waals surface area (Å²) in [6, 6.07) is 14.5. The normalized spacial score (nSPS) is 10.5. The summed E-state index contributed by atoms with van der Waals surface area (Å²) in [6.45, 7) is 1.91. The zero-order chi connectivity index (χ0) is 15.5. The number of amides is 1. The SMILES string of the molecule is Cc1cc(Cl)ccc1NC(=O)c1ccc(-n2cccn2)cc1. The number of hydrogen-bond donors (Lipinski definition) is 1. The predicted octanol–water partition coefficient (Wildman–Crippen LogP) is 4.09. The van der Waals surface area contributed by atoms with Crippen LogP contribution in [0.1, 0.15) is 15.9 Å². The first-order valence-electron chi connectivity index (χ1n) is 6.81. The van der Waals surface area contributed by atoms with E-state index in [1.807, 2.05) is 37.4 Å². The number of nitrogens with zero attached hydrogens (tertiary/aromatic N) is 2. The molecular weight excluding hydrogens is 298 g/mol. The molecule has 0 spiro atoms. The molecule has 3 aromatic rings. The van der Waals surface area contributed by atoms with E-state index >= 15 is 0 Å². The van der Waals surface area contributed by atoms with Gasteiger partial charge >= 0.3 is 0 Å². The fraction of sp³-hybridized carbons (Fsp3) is 0.0588. The number of halogens is 1. The molecule has 1 aromatic heterocycles. The van der Waals surface area contributed by atoms with Gasteiger partial charge in [0.05, 0.1) is 5.69 Å². The summed E-state index contributed by atoms with van der Waals surface area (Å²) in [4.78, 5) is 12.3. The predicted molar refractivity (Wildman–Crippen MR) is 87.7 cm³/mol. The van der Waals surface area contributed by atoms with Crippen LogP contribution in [0.3, 0.4) is 0 Å². The van der Waals surface area contributed by atoms with Crippen molar-refractivity contribution in [2.24, 2.45) is 0 Å². The van der Waals surface area contributed by atoms with Gasteiger partial charge in [-0.1, -0.05) is 11.6 Å². The number of rotatable bonds is 3. The molecule has 4 nitrogen and oxygen atoms in total. The molecule has 0 radical (unpaired) electrons. The zero-order valence-electron chi connectivity index (χ0n) is 12.0. The first kappa shape index (κ1) is 14.4. The summed E-state index contributed by atoms with van der Waals surface area (Å²) < 4.78 is 1.74. The lowest BCUT2D eigenvalue weighted by Crippen LogP contribution is -2.12. The Morgan fingerprint density at radius 1 is 1.18 bits per heavy atom. The number of benzene rings is 2. The van der Waals surface area contributed by atoms with Gasteiger partial charge in [0.1, 0.15) is 0 Å². The second-order valence-electron chi connectivity index (χ2n) is 4.91. The first-order valence-corrected chi connectivity index (χ1v) is 7.19. The highest BCUT2D eigenvalue weighted by molar-refractivity contribution is 6.30. The van der Waals surface area contributed by atoms with E-state index < -0.39 is 0 Å². The molecule has 1 heterocycles. The van der Waals surface area contributed by atoms with Gasteiger partial charge in [0.15, 0.2) is 0 Å². The highest BCUT2D eigenvalue weighted by Crippen LogP contribution is 2.20. The fourth-order valence-corrected chi connectivity index (χ4v) is 2.38. The molecule has 110 valence electrons. The maximum Gasteiger partial charge on any atom is 0.255 e. The first-order chi connectivity index (χ1) is 10.6. The van der Waals surface area contributed by atoms with Crippen molar-refractivity contribution in [3.8, 4) is 5.69 Å². The van der Waals surface area contributed by atoms with Crippen LogP contribution in [0, 0.1) is 6.92 Å². The van der Waals surface area contributed by atoms with Gasteiger partial charge in [-0.05, 0) is 61.0 Å². The quantitative estimate of drug-likeness (QED) is 0.792. The number of aryl methyl sites for hydroxylation is 1. The minimum absolute atomic E-state index is 0.155. The van der Waals surface area contributed by atoms with Crippen molar-refractivity contribution >= 4 is 23.2 Å². The summed E-state index contributed by atoms with van der Waals surface area (Å²) in [5, 5.41) is 7.69. The number of anilines is 1. The summed E-state index contributed by atoms with van der Waals surface area (Å²) in [6.07, 6.45) is 3.57. The van der Waals surface area contributed by atoms with Crippen molar-refractivity contribution in [2.45, 2.75) is 6.92 Å². The Labute approximate surface area is 133 Å². The van der Waals surface area contributed by atoms with Crippen LogP contribution in [0.5, 0.6) is 0 Å². The lowest BCUT2D eigenvalue weighted by molar-refractivity contribution is 0.102. The summed E-state index contributed by atoms with van der Waals surface area (Å²) >= 11 is 5.92. The van der Waals surface area contributed by atoms with Gasteiger partial charge in [-0.25, -0.2) is 4.68 Å². The Bertz CT molecular complexity index is 795. The van der Waals surface area contributed by atoms with E-state index in [0.29, 0.717) is 10.6 Å². The molecule has 0 unspecified atom stereocenters. The van der Waals surface area contributed by atoms with Crippen molar-refractivity contribution in [3.63, 3.8) is 0 Å². The molecule has 22 heavy (non-hydrogen) atoms. The molecule has 1 N–H and O–H groups in total. The number of hydrogen-bond acceptors (Lipinski definition) is 2. The third kappa shape index (κ3) is 3.02. The van der Waals surface area contributed by atoms with Gasteiger partial charge in [0.25, 0.3) is 5.91 Å². The average molecular weight is 312 g/mol. The van der Waals surface area contributed by atoms with Crippen LogP contribution in [0.2, 0.25) is 5.02 Å². The van der Waals surface area contributed by atoms with Gasteiger partial charge in [-0.3, -0.25) is 4.79 Å². The fourth-order valence-electron chi connectivity index (χ4n) is 2.15. The summed E-state index contributed by atoms with van der Waals surface area (Å²) in [5.74, 6) is -0.155. The summed E-state index contributed by atoms with van der Waals surface area (Å²) in [5.41, 5.74) is 3.18. The number of aromatic nitrogens is 2. The number of nitrogens with one attached hydrogen (secondary N) is 1. The smallest absolute Gasteiger partial charge is 0.255 e. The number of carbonyl (C=O) groups is 1. The molecule has 0 saturated heterocycles. The van der Waals surface area contributed by atoms with E-state index in [-0.39, 0.29) is 5.91 Å². The lowest BCUT2D eigenvalue weighted by Gasteiger charge is -2.09. The molecule has 0 atom stereocenters. The van der Waals surface area contributed by atoms with Crippen LogP contribution < -0.4 is 5.32 Å². The van der Waals surface area contributed by atoms with Crippen molar-refractivity contribution < 1.29 is 4.79 Å². The van der Waals surface area contributed by atoms with Gasteiger partial charge in [0, 0.05) is 28.7 Å². The molecule has 1 amide bonds.